The van der Waals surface area contributed by atoms with E-state index in [2.05, 4.69) is 13.2 Å². The van der Waals surface area contributed by atoms with Crippen LogP contribution >= 0.6 is 11.8 Å². The smallest absolute Gasteiger partial charge is 0.214 e. The normalized spacial score (nSPS) is 9.67. The molecule has 0 amide bonds. The van der Waals surface area contributed by atoms with Crippen LogP contribution in [0.15, 0.2) is 49.1 Å². The summed E-state index contributed by atoms with van der Waals surface area (Å²) < 4.78 is 0. The molecule has 0 aromatic heterocycles. The van der Waals surface area contributed by atoms with Crippen molar-refractivity contribution >= 4 is 22.5 Å². The first-order valence-corrected chi connectivity index (χ1v) is 5.65. The molecule has 0 spiro atoms. The third kappa shape index (κ3) is 3.76. The van der Waals surface area contributed by atoms with Crippen LogP contribution in [0.2, 0.25) is 0 Å². The standard InChI is InChI=1S/C13H14OS/c1-10(2)13(14)15-9-11(3)12-7-5-4-6-8-12/h4-8H,1,3,9H2,2H3. The molecular weight excluding hydrogens is 204 g/mol. The van der Waals surface area contributed by atoms with Gasteiger partial charge in [-0.2, -0.15) is 0 Å². The SMILES string of the molecule is C=C(C)C(=O)SCC(=C)c1ccccc1. The second-order valence-corrected chi connectivity index (χ2v) is 4.27. The first-order valence-electron chi connectivity index (χ1n) is 4.67. The van der Waals surface area contributed by atoms with E-state index in [0.29, 0.717) is 11.3 Å². The van der Waals surface area contributed by atoms with Crippen molar-refractivity contribution in [3.63, 3.8) is 0 Å². The third-order valence-electron chi connectivity index (χ3n) is 1.91. The summed E-state index contributed by atoms with van der Waals surface area (Å²) in [5, 5.41) is 0.0343. The van der Waals surface area contributed by atoms with Gasteiger partial charge in [-0.25, -0.2) is 0 Å². The zero-order chi connectivity index (χ0) is 11.3. The Bertz CT molecular complexity index is 379. The van der Waals surface area contributed by atoms with Gasteiger partial charge in [-0.15, -0.1) is 0 Å². The molecule has 78 valence electrons. The number of carbonyl (C=O) groups excluding carboxylic acids is 1. The van der Waals surface area contributed by atoms with Crippen LogP contribution < -0.4 is 0 Å². The van der Waals surface area contributed by atoms with Crippen LogP contribution in [0.25, 0.3) is 5.57 Å². The quantitative estimate of drug-likeness (QED) is 0.719. The molecule has 0 N–H and O–H groups in total. The van der Waals surface area contributed by atoms with Crippen LogP contribution in [0.5, 0.6) is 0 Å². The highest BCUT2D eigenvalue weighted by Crippen LogP contribution is 2.19. The average Bonchev–Trinajstić information content (AvgIpc) is 2.26. The van der Waals surface area contributed by atoms with Gasteiger partial charge >= 0.3 is 0 Å². The maximum Gasteiger partial charge on any atom is 0.214 e. The van der Waals surface area contributed by atoms with Gasteiger partial charge < -0.3 is 0 Å². The van der Waals surface area contributed by atoms with Gasteiger partial charge in [0.15, 0.2) is 0 Å². The minimum absolute atomic E-state index is 0.0343. The zero-order valence-corrected chi connectivity index (χ0v) is 9.64. The van der Waals surface area contributed by atoms with Crippen LogP contribution in [-0.4, -0.2) is 10.9 Å². The van der Waals surface area contributed by atoms with Crippen LogP contribution in [0.4, 0.5) is 0 Å². The molecule has 0 aliphatic carbocycles. The number of benzene rings is 1. The first-order chi connectivity index (χ1) is 7.11. The van der Waals surface area contributed by atoms with Crippen molar-refractivity contribution in [1.82, 2.24) is 0 Å². The topological polar surface area (TPSA) is 17.1 Å². The Morgan fingerprint density at radius 2 is 1.87 bits per heavy atom. The van der Waals surface area contributed by atoms with Gasteiger partial charge in [0.25, 0.3) is 0 Å². The van der Waals surface area contributed by atoms with Crippen LogP contribution in [0.1, 0.15) is 12.5 Å². The Labute approximate surface area is 94.9 Å². The Morgan fingerprint density at radius 1 is 1.27 bits per heavy atom. The van der Waals surface area contributed by atoms with Crippen molar-refractivity contribution < 1.29 is 4.79 Å². The Kier molecular flexibility index (Phi) is 4.37. The fraction of sp³-hybridized carbons (Fsp3) is 0.154. The molecule has 1 nitrogen and oxygen atoms in total. The lowest BCUT2D eigenvalue weighted by Gasteiger charge is -2.04. The summed E-state index contributed by atoms with van der Waals surface area (Å²) >= 11 is 1.25. The van der Waals surface area contributed by atoms with Crippen molar-refractivity contribution in [1.29, 1.82) is 0 Å². The minimum atomic E-state index is 0.0343. The van der Waals surface area contributed by atoms with Crippen LogP contribution in [-0.2, 0) is 4.79 Å². The zero-order valence-electron chi connectivity index (χ0n) is 8.82. The van der Waals surface area contributed by atoms with Crippen molar-refractivity contribution in [3.05, 3.63) is 54.6 Å². The van der Waals surface area contributed by atoms with Crippen LogP contribution in [0.3, 0.4) is 0 Å². The van der Waals surface area contributed by atoms with Crippen molar-refractivity contribution in [2.75, 3.05) is 5.75 Å². The summed E-state index contributed by atoms with van der Waals surface area (Å²) in [5.41, 5.74) is 2.63. The highest BCUT2D eigenvalue weighted by molar-refractivity contribution is 8.14. The summed E-state index contributed by atoms with van der Waals surface area (Å²) in [4.78, 5) is 11.3. The van der Waals surface area contributed by atoms with Gasteiger partial charge in [0.05, 0.1) is 0 Å². The number of thioether (sulfide) groups is 1. The van der Waals surface area contributed by atoms with E-state index in [-0.39, 0.29) is 5.12 Å². The molecule has 0 radical (unpaired) electrons. The van der Waals surface area contributed by atoms with Gasteiger partial charge in [0.1, 0.15) is 0 Å². The van der Waals surface area contributed by atoms with E-state index in [1.807, 2.05) is 30.3 Å². The largest absolute Gasteiger partial charge is 0.282 e. The van der Waals surface area contributed by atoms with Gasteiger partial charge in [0, 0.05) is 5.75 Å². The second kappa shape index (κ2) is 5.56. The molecular formula is C13H14OS. The molecule has 0 bridgehead atoms. The Balaban J connectivity index is 2.51. The molecule has 0 saturated carbocycles. The van der Waals surface area contributed by atoms with Crippen LogP contribution in [0, 0.1) is 0 Å². The summed E-state index contributed by atoms with van der Waals surface area (Å²) in [5.74, 6) is 0.621. The van der Waals surface area contributed by atoms with E-state index in [9.17, 15) is 4.79 Å². The highest BCUT2D eigenvalue weighted by atomic mass is 32.2. The fourth-order valence-corrected chi connectivity index (χ4v) is 1.75. The number of rotatable bonds is 4. The molecule has 0 saturated heterocycles. The van der Waals surface area contributed by atoms with Crippen molar-refractivity contribution in [2.24, 2.45) is 0 Å². The van der Waals surface area contributed by atoms with Crippen molar-refractivity contribution in [2.45, 2.75) is 6.92 Å². The Hall–Kier alpha value is -1.28. The van der Waals surface area contributed by atoms with E-state index in [0.717, 1.165) is 11.1 Å². The molecule has 15 heavy (non-hydrogen) atoms. The van der Waals surface area contributed by atoms with E-state index in [4.69, 9.17) is 0 Å². The monoisotopic (exact) mass is 218 g/mol. The molecule has 0 heterocycles. The molecule has 0 fully saturated rings. The molecule has 0 unspecified atom stereocenters. The summed E-state index contributed by atoms with van der Waals surface area (Å²) in [6, 6.07) is 9.88. The molecule has 2 heteroatoms. The van der Waals surface area contributed by atoms with E-state index >= 15 is 0 Å². The fourth-order valence-electron chi connectivity index (χ4n) is 1.03. The summed E-state index contributed by atoms with van der Waals surface area (Å²) in [7, 11) is 0. The maximum atomic E-state index is 11.3. The van der Waals surface area contributed by atoms with Crippen molar-refractivity contribution in [3.8, 4) is 0 Å². The molecule has 0 atom stereocenters. The molecule has 0 aliphatic rings. The lowest BCUT2D eigenvalue weighted by Crippen LogP contribution is -1.95. The minimum Gasteiger partial charge on any atom is -0.282 e. The van der Waals surface area contributed by atoms with E-state index in [1.54, 1.807) is 6.92 Å². The second-order valence-electron chi connectivity index (χ2n) is 3.33. The summed E-state index contributed by atoms with van der Waals surface area (Å²) in [6.45, 7) is 9.28. The molecule has 1 aromatic carbocycles. The molecule has 1 rings (SSSR count). The predicted molar refractivity (Wildman–Crippen MR) is 67.8 cm³/mol. The number of carbonyl (C=O) groups is 1. The van der Waals surface area contributed by atoms with Gasteiger partial charge in [-0.3, -0.25) is 4.79 Å². The van der Waals surface area contributed by atoms with Gasteiger partial charge in [-0.1, -0.05) is 55.3 Å². The van der Waals surface area contributed by atoms with Gasteiger partial charge in [0.2, 0.25) is 5.12 Å². The lowest BCUT2D eigenvalue weighted by molar-refractivity contribution is -0.107. The molecule has 0 aliphatic heterocycles. The third-order valence-corrected chi connectivity index (χ3v) is 3.01. The van der Waals surface area contributed by atoms with E-state index < -0.39 is 0 Å². The predicted octanol–water partition coefficient (Wildman–Crippen LogP) is 3.54. The highest BCUT2D eigenvalue weighted by Gasteiger charge is 2.05. The maximum absolute atomic E-state index is 11.3. The number of hydrogen-bond donors (Lipinski definition) is 0. The number of hydrogen-bond acceptors (Lipinski definition) is 2. The summed E-state index contributed by atoms with van der Waals surface area (Å²) in [6.07, 6.45) is 0. The average molecular weight is 218 g/mol. The Morgan fingerprint density at radius 3 is 2.40 bits per heavy atom. The van der Waals surface area contributed by atoms with E-state index in [1.165, 1.54) is 11.8 Å². The first kappa shape index (κ1) is 11.8. The molecule has 1 aromatic rings. The lowest BCUT2D eigenvalue weighted by atomic mass is 10.1. The van der Waals surface area contributed by atoms with Gasteiger partial charge in [-0.05, 0) is 23.6 Å².